The van der Waals surface area contributed by atoms with E-state index >= 15 is 0 Å². The van der Waals surface area contributed by atoms with Crippen molar-refractivity contribution < 1.29 is 4.79 Å². The van der Waals surface area contributed by atoms with Gasteiger partial charge in [-0.25, -0.2) is 0 Å². The molecule has 17 heavy (non-hydrogen) atoms. The quantitative estimate of drug-likeness (QED) is 0.764. The molecule has 0 spiro atoms. The summed E-state index contributed by atoms with van der Waals surface area (Å²) in [5.74, 6) is -0.180. The summed E-state index contributed by atoms with van der Waals surface area (Å²) in [4.78, 5) is 13.3. The van der Waals surface area contributed by atoms with Crippen molar-refractivity contribution in [3.63, 3.8) is 0 Å². The van der Waals surface area contributed by atoms with Crippen LogP contribution in [-0.4, -0.2) is 17.4 Å². The van der Waals surface area contributed by atoms with E-state index < -0.39 is 0 Å². The van der Waals surface area contributed by atoms with Gasteiger partial charge in [-0.3, -0.25) is 4.79 Å². The molecular formula is C13H11N3O. The summed E-state index contributed by atoms with van der Waals surface area (Å²) in [5, 5.41) is 17.6. The van der Waals surface area contributed by atoms with Crippen LogP contribution in [0.4, 0.5) is 0 Å². The van der Waals surface area contributed by atoms with Gasteiger partial charge in [0.25, 0.3) is 0 Å². The van der Waals surface area contributed by atoms with Crippen LogP contribution in [0.2, 0.25) is 0 Å². The third-order valence-electron chi connectivity index (χ3n) is 2.83. The number of benzene rings is 1. The van der Waals surface area contributed by atoms with E-state index in [9.17, 15) is 4.79 Å². The number of carbonyl (C=O) groups excluding carboxylic acids is 1. The van der Waals surface area contributed by atoms with Crippen LogP contribution in [0, 0.1) is 28.6 Å². The average Bonchev–Trinajstić information content (AvgIpc) is 2.70. The molecule has 1 heterocycles. The number of hydrogen-bond donors (Lipinski definition) is 0. The summed E-state index contributed by atoms with van der Waals surface area (Å²) in [6, 6.07) is 11.4. The van der Waals surface area contributed by atoms with E-state index in [1.54, 1.807) is 23.1 Å². The molecule has 0 aromatic heterocycles. The van der Waals surface area contributed by atoms with E-state index in [0.717, 1.165) is 5.56 Å². The van der Waals surface area contributed by atoms with Crippen molar-refractivity contribution in [3.05, 3.63) is 35.4 Å². The molecule has 0 aliphatic carbocycles. The van der Waals surface area contributed by atoms with E-state index in [-0.39, 0.29) is 11.8 Å². The molecule has 1 aliphatic heterocycles. The van der Waals surface area contributed by atoms with Crippen molar-refractivity contribution in [2.45, 2.75) is 13.0 Å². The Labute approximate surface area is 99.7 Å². The smallest absolute Gasteiger partial charge is 0.224 e. The topological polar surface area (TPSA) is 67.9 Å². The van der Waals surface area contributed by atoms with Gasteiger partial charge >= 0.3 is 0 Å². The Balaban J connectivity index is 2.09. The molecule has 1 aromatic rings. The molecular weight excluding hydrogens is 214 g/mol. The van der Waals surface area contributed by atoms with Gasteiger partial charge in [0.2, 0.25) is 5.91 Å². The summed E-state index contributed by atoms with van der Waals surface area (Å²) in [6.07, 6.45) is 0.314. The van der Waals surface area contributed by atoms with Gasteiger partial charge in [0.15, 0.2) is 0 Å². The van der Waals surface area contributed by atoms with Gasteiger partial charge in [0, 0.05) is 19.5 Å². The van der Waals surface area contributed by atoms with Gasteiger partial charge < -0.3 is 4.90 Å². The fourth-order valence-electron chi connectivity index (χ4n) is 1.97. The van der Waals surface area contributed by atoms with Crippen LogP contribution in [0.15, 0.2) is 24.3 Å². The molecule has 2 rings (SSSR count). The molecule has 1 amide bonds. The Morgan fingerprint density at radius 3 is 2.88 bits per heavy atom. The molecule has 1 unspecified atom stereocenters. The number of rotatable bonds is 2. The maximum atomic E-state index is 11.6. The molecule has 0 saturated carbocycles. The first-order chi connectivity index (χ1) is 8.22. The van der Waals surface area contributed by atoms with Crippen LogP contribution in [0.25, 0.3) is 0 Å². The third-order valence-corrected chi connectivity index (χ3v) is 2.83. The van der Waals surface area contributed by atoms with Crippen LogP contribution in [0.5, 0.6) is 0 Å². The minimum atomic E-state index is -0.193. The highest BCUT2D eigenvalue weighted by Crippen LogP contribution is 2.19. The van der Waals surface area contributed by atoms with Gasteiger partial charge in [-0.05, 0) is 17.7 Å². The van der Waals surface area contributed by atoms with Crippen molar-refractivity contribution in [2.24, 2.45) is 5.92 Å². The van der Waals surface area contributed by atoms with Crippen molar-refractivity contribution in [1.82, 2.24) is 4.90 Å². The van der Waals surface area contributed by atoms with Crippen molar-refractivity contribution in [1.29, 1.82) is 10.5 Å². The Bertz CT molecular complexity index is 524. The summed E-state index contributed by atoms with van der Waals surface area (Å²) in [5.41, 5.74) is 1.52. The molecule has 4 heteroatoms. The lowest BCUT2D eigenvalue weighted by Gasteiger charge is -2.15. The molecule has 84 valence electrons. The molecule has 1 aliphatic rings. The molecule has 0 bridgehead atoms. The second-order valence-corrected chi connectivity index (χ2v) is 4.12. The van der Waals surface area contributed by atoms with E-state index in [1.807, 2.05) is 6.07 Å². The largest absolute Gasteiger partial charge is 0.337 e. The number of likely N-dealkylation sites (tertiary alicyclic amines) is 1. The second-order valence-electron chi connectivity index (χ2n) is 4.12. The number of amides is 1. The molecule has 1 atom stereocenters. The molecule has 1 saturated heterocycles. The Hall–Kier alpha value is -2.33. The molecule has 1 fully saturated rings. The normalized spacial score (nSPS) is 18.8. The maximum absolute atomic E-state index is 11.6. The summed E-state index contributed by atoms with van der Waals surface area (Å²) in [7, 11) is 0. The highest BCUT2D eigenvalue weighted by Gasteiger charge is 2.29. The number of carbonyl (C=O) groups is 1. The number of nitrogens with zero attached hydrogens (tertiary/aromatic N) is 3. The van der Waals surface area contributed by atoms with Crippen molar-refractivity contribution in [2.75, 3.05) is 6.54 Å². The van der Waals surface area contributed by atoms with E-state index in [0.29, 0.717) is 25.1 Å². The van der Waals surface area contributed by atoms with Crippen LogP contribution >= 0.6 is 0 Å². The predicted octanol–water partition coefficient (Wildman–Crippen LogP) is 1.43. The third kappa shape index (κ3) is 2.43. The van der Waals surface area contributed by atoms with Gasteiger partial charge in [0.1, 0.15) is 0 Å². The molecule has 0 radical (unpaired) electrons. The predicted molar refractivity (Wildman–Crippen MR) is 60.3 cm³/mol. The standard InChI is InChI=1S/C13H11N3O/c14-6-10-2-1-3-11(4-10)8-16-9-12(7-15)5-13(16)17/h1-4,12H,5,8-9H2. The monoisotopic (exact) mass is 225 g/mol. The van der Waals surface area contributed by atoms with E-state index in [1.165, 1.54) is 0 Å². The zero-order valence-corrected chi connectivity index (χ0v) is 9.26. The number of nitriles is 2. The van der Waals surface area contributed by atoms with Gasteiger partial charge in [0.05, 0.1) is 23.6 Å². The Kier molecular flexibility index (Phi) is 3.07. The average molecular weight is 225 g/mol. The lowest BCUT2D eigenvalue weighted by Crippen LogP contribution is -2.24. The van der Waals surface area contributed by atoms with Crippen LogP contribution < -0.4 is 0 Å². The molecule has 1 aromatic carbocycles. The van der Waals surface area contributed by atoms with Crippen LogP contribution in [-0.2, 0) is 11.3 Å². The first-order valence-electron chi connectivity index (χ1n) is 5.39. The van der Waals surface area contributed by atoms with Crippen molar-refractivity contribution >= 4 is 5.91 Å². The maximum Gasteiger partial charge on any atom is 0.224 e. The van der Waals surface area contributed by atoms with E-state index in [2.05, 4.69) is 12.1 Å². The fourth-order valence-corrected chi connectivity index (χ4v) is 1.97. The van der Waals surface area contributed by atoms with Crippen molar-refractivity contribution in [3.8, 4) is 12.1 Å². The lowest BCUT2D eigenvalue weighted by molar-refractivity contribution is -0.128. The minimum Gasteiger partial charge on any atom is -0.337 e. The molecule has 0 N–H and O–H groups in total. The minimum absolute atomic E-state index is 0.0129. The van der Waals surface area contributed by atoms with Crippen LogP contribution in [0.1, 0.15) is 17.5 Å². The lowest BCUT2D eigenvalue weighted by atomic mass is 10.1. The van der Waals surface area contributed by atoms with Crippen LogP contribution in [0.3, 0.4) is 0 Å². The van der Waals surface area contributed by atoms with Gasteiger partial charge in [-0.15, -0.1) is 0 Å². The highest BCUT2D eigenvalue weighted by atomic mass is 16.2. The summed E-state index contributed by atoms with van der Waals surface area (Å²) < 4.78 is 0. The van der Waals surface area contributed by atoms with Gasteiger partial charge in [-0.1, -0.05) is 12.1 Å². The first kappa shape index (κ1) is 11.2. The SMILES string of the molecule is N#Cc1cccc(CN2CC(C#N)CC2=O)c1. The van der Waals surface area contributed by atoms with E-state index in [4.69, 9.17) is 10.5 Å². The first-order valence-corrected chi connectivity index (χ1v) is 5.39. The second kappa shape index (κ2) is 4.67. The Morgan fingerprint density at radius 1 is 1.41 bits per heavy atom. The zero-order valence-electron chi connectivity index (χ0n) is 9.26. The highest BCUT2D eigenvalue weighted by molar-refractivity contribution is 5.79. The summed E-state index contributed by atoms with van der Waals surface area (Å²) in [6.45, 7) is 0.971. The zero-order chi connectivity index (χ0) is 12.3. The van der Waals surface area contributed by atoms with Gasteiger partial charge in [-0.2, -0.15) is 10.5 Å². The Morgan fingerprint density at radius 2 is 2.24 bits per heavy atom. The summed E-state index contributed by atoms with van der Waals surface area (Å²) >= 11 is 0. The number of hydrogen-bond acceptors (Lipinski definition) is 3. The molecule has 4 nitrogen and oxygen atoms in total. The fraction of sp³-hybridized carbons (Fsp3) is 0.308.